The normalized spacial score (nSPS) is 15.0. The third-order valence-corrected chi connectivity index (χ3v) is 5.40. The first-order chi connectivity index (χ1) is 15.4. The minimum absolute atomic E-state index is 0.177. The third-order valence-electron chi connectivity index (χ3n) is 5.03. The Morgan fingerprint density at radius 3 is 2.50 bits per heavy atom. The van der Waals surface area contributed by atoms with Crippen molar-refractivity contribution in [2.45, 2.75) is 13.5 Å². The number of halogens is 1. The largest absolute Gasteiger partial charge is 0.493 e. The fourth-order valence-corrected chi connectivity index (χ4v) is 3.59. The molecule has 1 heterocycles. The van der Waals surface area contributed by atoms with Gasteiger partial charge in [-0.05, 0) is 35.4 Å². The van der Waals surface area contributed by atoms with Crippen LogP contribution >= 0.6 is 11.6 Å². The van der Waals surface area contributed by atoms with Gasteiger partial charge in [-0.1, -0.05) is 29.8 Å². The van der Waals surface area contributed by atoms with Crippen LogP contribution in [0.3, 0.4) is 0 Å². The minimum atomic E-state index is -0.429. The van der Waals surface area contributed by atoms with Gasteiger partial charge in [-0.25, -0.2) is 5.43 Å². The van der Waals surface area contributed by atoms with Gasteiger partial charge < -0.3 is 9.47 Å². The van der Waals surface area contributed by atoms with Crippen LogP contribution in [0.2, 0.25) is 5.02 Å². The molecule has 2 aromatic rings. The Bertz CT molecular complexity index is 974. The number of rotatable bonds is 8. The molecule has 3 rings (SSSR count). The molecule has 170 valence electrons. The SMILES string of the molecule is COc1cc(C=NNC(=O)CN2CCN(Cc3ccccc3Cl)CC2)ccc1OC(C)=O. The lowest BCUT2D eigenvalue weighted by Crippen LogP contribution is -2.48. The van der Waals surface area contributed by atoms with E-state index in [1.807, 2.05) is 24.3 Å². The molecule has 9 heteroatoms. The predicted molar refractivity (Wildman–Crippen MR) is 123 cm³/mol. The van der Waals surface area contributed by atoms with Crippen LogP contribution < -0.4 is 14.9 Å². The molecule has 1 amide bonds. The van der Waals surface area contributed by atoms with Crippen molar-refractivity contribution in [3.63, 3.8) is 0 Å². The maximum absolute atomic E-state index is 12.2. The fourth-order valence-electron chi connectivity index (χ4n) is 3.39. The third kappa shape index (κ3) is 7.05. The molecule has 0 spiro atoms. The molecule has 0 unspecified atom stereocenters. The van der Waals surface area contributed by atoms with Crippen LogP contribution in [0.4, 0.5) is 0 Å². The Kier molecular flexibility index (Phi) is 8.61. The molecular formula is C23H27ClN4O4. The van der Waals surface area contributed by atoms with Gasteiger partial charge in [0.15, 0.2) is 11.5 Å². The van der Waals surface area contributed by atoms with Crippen LogP contribution in [-0.4, -0.2) is 67.7 Å². The summed E-state index contributed by atoms with van der Waals surface area (Å²) < 4.78 is 10.3. The van der Waals surface area contributed by atoms with Crippen LogP contribution in [0.15, 0.2) is 47.6 Å². The zero-order valence-corrected chi connectivity index (χ0v) is 19.0. The summed E-state index contributed by atoms with van der Waals surface area (Å²) in [5.74, 6) is 0.131. The van der Waals surface area contributed by atoms with Gasteiger partial charge in [0, 0.05) is 44.7 Å². The van der Waals surface area contributed by atoms with Crippen molar-refractivity contribution in [1.29, 1.82) is 0 Å². The van der Waals surface area contributed by atoms with Crippen LogP contribution in [0.25, 0.3) is 0 Å². The molecule has 1 N–H and O–H groups in total. The zero-order chi connectivity index (χ0) is 22.9. The van der Waals surface area contributed by atoms with Gasteiger partial charge in [-0.2, -0.15) is 5.10 Å². The number of nitrogens with one attached hydrogen (secondary N) is 1. The number of amides is 1. The van der Waals surface area contributed by atoms with E-state index >= 15 is 0 Å². The van der Waals surface area contributed by atoms with E-state index in [1.54, 1.807) is 18.2 Å². The van der Waals surface area contributed by atoms with E-state index in [4.69, 9.17) is 21.1 Å². The van der Waals surface area contributed by atoms with Crippen LogP contribution in [0.5, 0.6) is 11.5 Å². The average Bonchev–Trinajstić information content (AvgIpc) is 2.77. The second-order valence-electron chi connectivity index (χ2n) is 7.44. The fraction of sp³-hybridized carbons (Fsp3) is 0.348. The Morgan fingerprint density at radius 2 is 1.81 bits per heavy atom. The molecule has 1 fully saturated rings. The van der Waals surface area contributed by atoms with E-state index in [0.29, 0.717) is 17.1 Å². The van der Waals surface area contributed by atoms with Crippen LogP contribution in [0.1, 0.15) is 18.1 Å². The van der Waals surface area contributed by atoms with Crippen molar-refractivity contribution in [3.05, 3.63) is 58.6 Å². The smallest absolute Gasteiger partial charge is 0.308 e. The molecule has 0 atom stereocenters. The summed E-state index contributed by atoms with van der Waals surface area (Å²) in [6.07, 6.45) is 1.51. The topological polar surface area (TPSA) is 83.5 Å². The molecule has 1 aliphatic rings. The second kappa shape index (κ2) is 11.6. The summed E-state index contributed by atoms with van der Waals surface area (Å²) >= 11 is 6.25. The maximum atomic E-state index is 12.2. The molecule has 0 aromatic heterocycles. The van der Waals surface area contributed by atoms with E-state index in [9.17, 15) is 9.59 Å². The number of hydrazone groups is 1. The lowest BCUT2D eigenvalue weighted by atomic mass is 10.2. The van der Waals surface area contributed by atoms with Crippen LogP contribution in [-0.2, 0) is 16.1 Å². The summed E-state index contributed by atoms with van der Waals surface area (Å²) in [4.78, 5) is 27.8. The Morgan fingerprint density at radius 1 is 1.09 bits per heavy atom. The zero-order valence-electron chi connectivity index (χ0n) is 18.2. The van der Waals surface area contributed by atoms with E-state index in [1.165, 1.54) is 20.2 Å². The molecule has 32 heavy (non-hydrogen) atoms. The first-order valence-electron chi connectivity index (χ1n) is 10.3. The standard InChI is InChI=1S/C23H27ClN4O4/c1-17(29)32-21-8-7-18(13-22(21)31-2)14-25-26-23(30)16-28-11-9-27(10-12-28)15-19-5-3-4-6-20(19)24/h3-8,13-14H,9-12,15-16H2,1-2H3,(H,26,30). The van der Waals surface area contributed by atoms with Gasteiger partial charge in [0.05, 0.1) is 19.9 Å². The number of esters is 1. The van der Waals surface area contributed by atoms with Gasteiger partial charge in [-0.3, -0.25) is 19.4 Å². The van der Waals surface area contributed by atoms with Gasteiger partial charge in [-0.15, -0.1) is 0 Å². The first-order valence-corrected chi connectivity index (χ1v) is 10.7. The summed E-state index contributed by atoms with van der Waals surface area (Å²) in [6, 6.07) is 12.9. The molecule has 0 aliphatic carbocycles. The van der Waals surface area contributed by atoms with Crippen molar-refractivity contribution in [2.24, 2.45) is 5.10 Å². The summed E-state index contributed by atoms with van der Waals surface area (Å²) in [5.41, 5.74) is 4.37. The van der Waals surface area contributed by atoms with Crippen LogP contribution in [0, 0.1) is 0 Å². The monoisotopic (exact) mass is 458 g/mol. The van der Waals surface area contributed by atoms with E-state index in [2.05, 4.69) is 20.3 Å². The van der Waals surface area contributed by atoms with Gasteiger partial charge in [0.2, 0.25) is 0 Å². The molecule has 8 nitrogen and oxygen atoms in total. The maximum Gasteiger partial charge on any atom is 0.308 e. The molecule has 1 saturated heterocycles. The van der Waals surface area contributed by atoms with Crippen molar-refractivity contribution < 1.29 is 19.1 Å². The number of carbonyl (C=O) groups excluding carboxylic acids is 2. The van der Waals surface area contributed by atoms with E-state index in [0.717, 1.165) is 43.3 Å². The van der Waals surface area contributed by atoms with Crippen molar-refractivity contribution >= 4 is 29.7 Å². The highest BCUT2D eigenvalue weighted by Gasteiger charge is 2.19. The number of hydrogen-bond donors (Lipinski definition) is 1. The number of ether oxygens (including phenoxy) is 2. The highest BCUT2D eigenvalue weighted by atomic mass is 35.5. The predicted octanol–water partition coefficient (Wildman–Crippen LogP) is 2.54. The van der Waals surface area contributed by atoms with Gasteiger partial charge in [0.25, 0.3) is 5.91 Å². The number of methoxy groups -OCH3 is 1. The number of carbonyl (C=O) groups is 2. The van der Waals surface area contributed by atoms with Gasteiger partial charge >= 0.3 is 5.97 Å². The van der Waals surface area contributed by atoms with Crippen molar-refractivity contribution in [2.75, 3.05) is 39.8 Å². The number of benzene rings is 2. The Hall–Kier alpha value is -2.94. The number of hydrogen-bond acceptors (Lipinski definition) is 7. The minimum Gasteiger partial charge on any atom is -0.493 e. The highest BCUT2D eigenvalue weighted by Crippen LogP contribution is 2.27. The summed E-state index contributed by atoms with van der Waals surface area (Å²) in [7, 11) is 1.49. The number of piperazine rings is 1. The number of nitrogens with zero attached hydrogens (tertiary/aromatic N) is 3. The summed E-state index contributed by atoms with van der Waals surface area (Å²) in [6.45, 7) is 5.76. The lowest BCUT2D eigenvalue weighted by molar-refractivity contribution is -0.132. The van der Waals surface area contributed by atoms with Crippen molar-refractivity contribution in [3.8, 4) is 11.5 Å². The quantitative estimate of drug-likeness (QED) is 0.283. The Labute approximate surface area is 192 Å². The summed E-state index contributed by atoms with van der Waals surface area (Å²) in [5, 5.41) is 4.80. The molecule has 0 bridgehead atoms. The molecule has 0 radical (unpaired) electrons. The molecule has 0 saturated carbocycles. The Balaban J connectivity index is 1.43. The highest BCUT2D eigenvalue weighted by molar-refractivity contribution is 6.31. The van der Waals surface area contributed by atoms with Crippen molar-refractivity contribution in [1.82, 2.24) is 15.2 Å². The molecule has 2 aromatic carbocycles. The lowest BCUT2D eigenvalue weighted by Gasteiger charge is -2.34. The average molecular weight is 459 g/mol. The molecule has 1 aliphatic heterocycles. The second-order valence-corrected chi connectivity index (χ2v) is 7.85. The van der Waals surface area contributed by atoms with E-state index < -0.39 is 5.97 Å². The molecular weight excluding hydrogens is 432 g/mol. The first kappa shape index (κ1) is 23.7. The van der Waals surface area contributed by atoms with Gasteiger partial charge in [0.1, 0.15) is 0 Å². The van der Waals surface area contributed by atoms with E-state index in [-0.39, 0.29) is 12.5 Å².